The van der Waals surface area contributed by atoms with Crippen molar-refractivity contribution in [3.8, 4) is 0 Å². The number of carboxylic acid groups (broad SMARTS) is 1. The van der Waals surface area contributed by atoms with E-state index in [1.807, 2.05) is 0 Å². The molecule has 2 heteroatoms. The number of hydrogen-bond donors (Lipinski definition) is 1. The Kier molecular flexibility index (Phi) is 3.93. The Balaban J connectivity index is 2.83. The SMILES string of the molecule is C=CC(=C(C)C(=O)O)C1CCCCC1. The Hall–Kier alpha value is -1.05. The summed E-state index contributed by atoms with van der Waals surface area (Å²) >= 11 is 0. The number of aliphatic carboxylic acids is 1. The summed E-state index contributed by atoms with van der Waals surface area (Å²) in [5.41, 5.74) is 1.41. The van der Waals surface area contributed by atoms with Gasteiger partial charge in [0, 0.05) is 5.57 Å². The minimum absolute atomic E-state index is 0.428. The second-order valence-electron chi connectivity index (χ2n) is 3.92. The molecule has 0 radical (unpaired) electrons. The lowest BCUT2D eigenvalue weighted by Crippen LogP contribution is -2.12. The van der Waals surface area contributed by atoms with E-state index in [0.717, 1.165) is 18.4 Å². The average Bonchev–Trinajstić information content (AvgIpc) is 2.20. The van der Waals surface area contributed by atoms with E-state index < -0.39 is 5.97 Å². The van der Waals surface area contributed by atoms with Gasteiger partial charge >= 0.3 is 5.97 Å². The second-order valence-corrected chi connectivity index (χ2v) is 3.92. The molecule has 1 saturated carbocycles. The van der Waals surface area contributed by atoms with Gasteiger partial charge in [-0.1, -0.05) is 31.9 Å². The lowest BCUT2D eigenvalue weighted by molar-refractivity contribution is -0.132. The van der Waals surface area contributed by atoms with Crippen molar-refractivity contribution < 1.29 is 9.90 Å². The van der Waals surface area contributed by atoms with Crippen LogP contribution >= 0.6 is 0 Å². The summed E-state index contributed by atoms with van der Waals surface area (Å²) in [5, 5.41) is 8.91. The third-order valence-corrected chi connectivity index (χ3v) is 3.02. The van der Waals surface area contributed by atoms with Gasteiger partial charge < -0.3 is 5.11 Å². The fourth-order valence-electron chi connectivity index (χ4n) is 2.16. The van der Waals surface area contributed by atoms with Gasteiger partial charge in [0.05, 0.1) is 0 Å². The molecule has 0 aliphatic heterocycles. The van der Waals surface area contributed by atoms with E-state index in [0.29, 0.717) is 11.5 Å². The first kappa shape index (κ1) is 11.0. The molecule has 0 unspecified atom stereocenters. The van der Waals surface area contributed by atoms with Crippen molar-refractivity contribution in [2.75, 3.05) is 0 Å². The molecular formula is C12H18O2. The van der Waals surface area contributed by atoms with Crippen molar-refractivity contribution in [3.05, 3.63) is 23.8 Å². The van der Waals surface area contributed by atoms with Gasteiger partial charge in [-0.15, -0.1) is 0 Å². The summed E-state index contributed by atoms with van der Waals surface area (Å²) in [7, 11) is 0. The van der Waals surface area contributed by atoms with Crippen molar-refractivity contribution in [1.29, 1.82) is 0 Å². The molecule has 78 valence electrons. The minimum Gasteiger partial charge on any atom is -0.478 e. The Bertz CT molecular complexity index is 257. The van der Waals surface area contributed by atoms with Crippen molar-refractivity contribution in [2.24, 2.45) is 5.92 Å². The molecule has 0 atom stereocenters. The summed E-state index contributed by atoms with van der Waals surface area (Å²) in [6.07, 6.45) is 7.67. The Morgan fingerprint density at radius 1 is 1.36 bits per heavy atom. The predicted molar refractivity (Wildman–Crippen MR) is 57.1 cm³/mol. The molecule has 0 saturated heterocycles. The van der Waals surface area contributed by atoms with Crippen LogP contribution in [0.1, 0.15) is 39.0 Å². The van der Waals surface area contributed by atoms with Gasteiger partial charge in [-0.3, -0.25) is 0 Å². The van der Waals surface area contributed by atoms with E-state index in [9.17, 15) is 4.79 Å². The highest BCUT2D eigenvalue weighted by molar-refractivity contribution is 5.87. The normalized spacial score (nSPS) is 20.1. The van der Waals surface area contributed by atoms with Gasteiger partial charge in [0.2, 0.25) is 0 Å². The standard InChI is InChI=1S/C12H18O2/c1-3-11(9(2)12(13)14)10-7-5-4-6-8-10/h3,10H,1,4-8H2,2H3,(H,13,14). The van der Waals surface area contributed by atoms with E-state index in [1.54, 1.807) is 13.0 Å². The van der Waals surface area contributed by atoms with Crippen LogP contribution in [0.25, 0.3) is 0 Å². The fourth-order valence-corrected chi connectivity index (χ4v) is 2.16. The molecule has 0 aromatic carbocycles. The highest BCUT2D eigenvalue weighted by Crippen LogP contribution is 2.31. The van der Waals surface area contributed by atoms with E-state index in [-0.39, 0.29) is 0 Å². The zero-order valence-electron chi connectivity index (χ0n) is 8.75. The molecule has 0 aromatic heterocycles. The lowest BCUT2D eigenvalue weighted by Gasteiger charge is -2.23. The molecule has 0 heterocycles. The van der Waals surface area contributed by atoms with Gasteiger partial charge in [-0.2, -0.15) is 0 Å². The topological polar surface area (TPSA) is 37.3 Å². The first-order valence-electron chi connectivity index (χ1n) is 5.23. The molecule has 0 amide bonds. The van der Waals surface area contributed by atoms with Crippen LogP contribution in [-0.4, -0.2) is 11.1 Å². The summed E-state index contributed by atoms with van der Waals surface area (Å²) in [4.78, 5) is 10.8. The molecule has 0 bridgehead atoms. The second kappa shape index (κ2) is 4.99. The number of rotatable bonds is 3. The van der Waals surface area contributed by atoms with E-state index in [1.165, 1.54) is 19.3 Å². The molecule has 2 nitrogen and oxygen atoms in total. The van der Waals surface area contributed by atoms with Crippen LogP contribution < -0.4 is 0 Å². The smallest absolute Gasteiger partial charge is 0.331 e. The van der Waals surface area contributed by atoms with E-state index >= 15 is 0 Å². The number of carbonyl (C=O) groups is 1. The Labute approximate surface area is 85.3 Å². The molecule has 1 rings (SSSR count). The summed E-state index contributed by atoms with van der Waals surface area (Å²) in [6, 6.07) is 0. The van der Waals surface area contributed by atoms with Crippen molar-refractivity contribution in [2.45, 2.75) is 39.0 Å². The molecule has 0 spiro atoms. The fraction of sp³-hybridized carbons (Fsp3) is 0.583. The largest absolute Gasteiger partial charge is 0.478 e. The maximum absolute atomic E-state index is 10.8. The third-order valence-electron chi connectivity index (χ3n) is 3.02. The summed E-state index contributed by atoms with van der Waals surface area (Å²) in [6.45, 7) is 5.39. The molecular weight excluding hydrogens is 176 g/mol. The molecule has 0 aromatic rings. The zero-order valence-corrected chi connectivity index (χ0v) is 8.75. The zero-order chi connectivity index (χ0) is 10.6. The predicted octanol–water partition coefficient (Wildman–Crippen LogP) is 3.15. The highest BCUT2D eigenvalue weighted by atomic mass is 16.4. The van der Waals surface area contributed by atoms with Crippen LogP contribution in [-0.2, 0) is 4.79 Å². The summed E-state index contributed by atoms with van der Waals surface area (Å²) in [5.74, 6) is -0.386. The van der Waals surface area contributed by atoms with Crippen LogP contribution in [0.15, 0.2) is 23.8 Å². The van der Waals surface area contributed by atoms with Gasteiger partial charge in [0.15, 0.2) is 0 Å². The first-order chi connectivity index (χ1) is 6.66. The van der Waals surface area contributed by atoms with Gasteiger partial charge in [-0.25, -0.2) is 4.79 Å². The Morgan fingerprint density at radius 2 is 1.93 bits per heavy atom. The van der Waals surface area contributed by atoms with Crippen LogP contribution in [0.3, 0.4) is 0 Å². The third kappa shape index (κ3) is 2.47. The van der Waals surface area contributed by atoms with Gasteiger partial charge in [0.1, 0.15) is 0 Å². The van der Waals surface area contributed by atoms with Gasteiger partial charge in [-0.05, 0) is 31.3 Å². The lowest BCUT2D eigenvalue weighted by atomic mass is 9.82. The van der Waals surface area contributed by atoms with Crippen LogP contribution in [0.4, 0.5) is 0 Å². The van der Waals surface area contributed by atoms with E-state index in [4.69, 9.17) is 5.11 Å². The summed E-state index contributed by atoms with van der Waals surface area (Å²) < 4.78 is 0. The Morgan fingerprint density at radius 3 is 2.36 bits per heavy atom. The molecule has 1 aliphatic carbocycles. The highest BCUT2D eigenvalue weighted by Gasteiger charge is 2.19. The maximum Gasteiger partial charge on any atom is 0.331 e. The maximum atomic E-state index is 10.8. The number of allylic oxidation sites excluding steroid dienone is 2. The molecule has 14 heavy (non-hydrogen) atoms. The van der Waals surface area contributed by atoms with Gasteiger partial charge in [0.25, 0.3) is 0 Å². The van der Waals surface area contributed by atoms with Crippen molar-refractivity contribution in [3.63, 3.8) is 0 Å². The number of hydrogen-bond acceptors (Lipinski definition) is 1. The van der Waals surface area contributed by atoms with Crippen LogP contribution in [0.2, 0.25) is 0 Å². The van der Waals surface area contributed by atoms with E-state index in [2.05, 4.69) is 6.58 Å². The molecule has 1 fully saturated rings. The van der Waals surface area contributed by atoms with Crippen molar-refractivity contribution >= 4 is 5.97 Å². The quantitative estimate of drug-likeness (QED) is 0.553. The number of carboxylic acids is 1. The monoisotopic (exact) mass is 194 g/mol. The average molecular weight is 194 g/mol. The van der Waals surface area contributed by atoms with Crippen LogP contribution in [0.5, 0.6) is 0 Å². The van der Waals surface area contributed by atoms with Crippen molar-refractivity contribution in [1.82, 2.24) is 0 Å². The first-order valence-corrected chi connectivity index (χ1v) is 5.23. The molecule has 1 aliphatic rings. The molecule has 1 N–H and O–H groups in total. The van der Waals surface area contributed by atoms with Crippen LogP contribution in [0, 0.1) is 5.92 Å². The minimum atomic E-state index is -0.814.